The standard InChI is InChI=1S/C17H24N4O9/c1-7-18-17(21-20-7)19-16-15(29-11(5)25)14(28-10(4)24)13(27-9(3)23)12(30-16)6-26-8(2)22/h12-16H,6H2,1-5H3,(H2,18,19,20,21). The first-order valence-corrected chi connectivity index (χ1v) is 9.02. The van der Waals surface area contributed by atoms with Crippen molar-refractivity contribution in [1.29, 1.82) is 0 Å². The van der Waals surface area contributed by atoms with Crippen LogP contribution < -0.4 is 5.32 Å². The summed E-state index contributed by atoms with van der Waals surface area (Å²) in [4.78, 5) is 50.5. The second-order valence-electron chi connectivity index (χ2n) is 6.51. The van der Waals surface area contributed by atoms with Gasteiger partial charge in [0.15, 0.2) is 24.5 Å². The van der Waals surface area contributed by atoms with Crippen molar-refractivity contribution in [3.8, 4) is 0 Å². The van der Waals surface area contributed by atoms with E-state index in [4.69, 9.17) is 23.7 Å². The van der Waals surface area contributed by atoms with Crippen molar-refractivity contribution in [2.75, 3.05) is 11.9 Å². The van der Waals surface area contributed by atoms with E-state index in [2.05, 4.69) is 20.5 Å². The summed E-state index contributed by atoms with van der Waals surface area (Å²) in [6.45, 7) is 6.00. The van der Waals surface area contributed by atoms with E-state index in [1.165, 1.54) is 6.92 Å². The highest BCUT2D eigenvalue weighted by molar-refractivity contribution is 5.68. The summed E-state index contributed by atoms with van der Waals surface area (Å²) in [6, 6.07) is 0. The van der Waals surface area contributed by atoms with Gasteiger partial charge in [-0.15, -0.1) is 5.10 Å². The van der Waals surface area contributed by atoms with Gasteiger partial charge in [0.25, 0.3) is 0 Å². The van der Waals surface area contributed by atoms with Crippen molar-refractivity contribution < 1.29 is 42.9 Å². The molecule has 0 radical (unpaired) electrons. The lowest BCUT2D eigenvalue weighted by Gasteiger charge is -2.44. The van der Waals surface area contributed by atoms with Crippen molar-refractivity contribution >= 4 is 29.8 Å². The average molecular weight is 428 g/mol. The van der Waals surface area contributed by atoms with Crippen molar-refractivity contribution in [2.45, 2.75) is 65.3 Å². The van der Waals surface area contributed by atoms with Crippen LogP contribution in [0.5, 0.6) is 0 Å². The topological polar surface area (TPSA) is 168 Å². The molecule has 2 rings (SSSR count). The molecule has 5 atom stereocenters. The number of H-pyrrole nitrogens is 1. The van der Waals surface area contributed by atoms with Crippen LogP contribution in [0.15, 0.2) is 0 Å². The normalized spacial score (nSPS) is 25.7. The minimum atomic E-state index is -1.26. The minimum absolute atomic E-state index is 0.119. The smallest absolute Gasteiger partial charge is 0.303 e. The van der Waals surface area contributed by atoms with Crippen molar-refractivity contribution in [2.24, 2.45) is 0 Å². The maximum atomic E-state index is 11.7. The zero-order valence-corrected chi connectivity index (χ0v) is 17.2. The summed E-state index contributed by atoms with van der Waals surface area (Å²) in [6.07, 6.45) is -5.89. The molecule has 0 bridgehead atoms. The fourth-order valence-corrected chi connectivity index (χ4v) is 2.88. The summed E-state index contributed by atoms with van der Waals surface area (Å²) in [5, 5.41) is 9.39. The number of hydrogen-bond donors (Lipinski definition) is 2. The van der Waals surface area contributed by atoms with Crippen LogP contribution in [-0.2, 0) is 42.9 Å². The Labute approximate surface area is 171 Å². The molecule has 0 saturated carbocycles. The number of aromatic nitrogens is 3. The molecule has 5 unspecified atom stereocenters. The molecule has 1 aliphatic heterocycles. The first-order valence-electron chi connectivity index (χ1n) is 9.02. The molecule has 1 fully saturated rings. The molecule has 1 aromatic heterocycles. The molecule has 0 amide bonds. The molecule has 0 spiro atoms. The molecule has 0 aliphatic carbocycles. The fraction of sp³-hybridized carbons (Fsp3) is 0.647. The number of aryl methyl sites for hydroxylation is 1. The zero-order valence-electron chi connectivity index (χ0n) is 17.2. The van der Waals surface area contributed by atoms with Crippen LogP contribution in [0, 0.1) is 6.92 Å². The van der Waals surface area contributed by atoms with Gasteiger partial charge in [-0.25, -0.2) is 0 Å². The quantitative estimate of drug-likeness (QED) is 0.427. The van der Waals surface area contributed by atoms with Gasteiger partial charge < -0.3 is 29.0 Å². The monoisotopic (exact) mass is 428 g/mol. The minimum Gasteiger partial charge on any atom is -0.463 e. The third-order valence-corrected chi connectivity index (χ3v) is 3.86. The number of nitrogens with zero attached hydrogens (tertiary/aromatic N) is 2. The summed E-state index contributed by atoms with van der Waals surface area (Å²) in [5.74, 6) is -2.09. The van der Waals surface area contributed by atoms with Crippen LogP contribution in [0.1, 0.15) is 33.5 Å². The number of aromatic amines is 1. The van der Waals surface area contributed by atoms with Crippen LogP contribution in [0.25, 0.3) is 0 Å². The zero-order chi connectivity index (χ0) is 22.4. The molecule has 13 nitrogen and oxygen atoms in total. The summed E-state index contributed by atoms with van der Waals surface area (Å²) >= 11 is 0. The predicted octanol–water partition coefficient (Wildman–Crippen LogP) is -0.392. The maximum absolute atomic E-state index is 11.7. The predicted molar refractivity (Wildman–Crippen MR) is 96.7 cm³/mol. The molecule has 13 heteroatoms. The highest BCUT2D eigenvalue weighted by Crippen LogP contribution is 2.29. The third-order valence-electron chi connectivity index (χ3n) is 3.86. The Balaban J connectivity index is 2.41. The Hall–Kier alpha value is -3.22. The Kier molecular flexibility index (Phi) is 7.69. The van der Waals surface area contributed by atoms with Gasteiger partial charge in [0.1, 0.15) is 18.5 Å². The Morgan fingerprint density at radius 2 is 1.50 bits per heavy atom. The molecular formula is C17H24N4O9. The number of anilines is 1. The Morgan fingerprint density at radius 3 is 2.00 bits per heavy atom. The molecular weight excluding hydrogens is 404 g/mol. The van der Waals surface area contributed by atoms with E-state index in [1.807, 2.05) is 0 Å². The van der Waals surface area contributed by atoms with E-state index in [0.717, 1.165) is 20.8 Å². The number of hydrogen-bond acceptors (Lipinski definition) is 12. The summed E-state index contributed by atoms with van der Waals surface area (Å²) in [7, 11) is 0. The van der Waals surface area contributed by atoms with Crippen molar-refractivity contribution in [3.63, 3.8) is 0 Å². The molecule has 30 heavy (non-hydrogen) atoms. The number of ether oxygens (including phenoxy) is 5. The lowest BCUT2D eigenvalue weighted by atomic mass is 9.97. The van der Waals surface area contributed by atoms with Crippen LogP contribution in [0.4, 0.5) is 5.95 Å². The lowest BCUT2D eigenvalue weighted by molar-refractivity contribution is -0.247. The second-order valence-corrected chi connectivity index (χ2v) is 6.51. The molecule has 2 N–H and O–H groups in total. The molecule has 166 valence electrons. The fourth-order valence-electron chi connectivity index (χ4n) is 2.88. The van der Waals surface area contributed by atoms with Gasteiger partial charge in [-0.1, -0.05) is 0 Å². The van der Waals surface area contributed by atoms with Crippen LogP contribution in [0.2, 0.25) is 0 Å². The number of nitrogens with one attached hydrogen (secondary N) is 2. The first-order chi connectivity index (χ1) is 14.1. The summed E-state index contributed by atoms with van der Waals surface area (Å²) in [5.41, 5.74) is 0. The van der Waals surface area contributed by atoms with Gasteiger partial charge in [-0.3, -0.25) is 24.3 Å². The van der Waals surface area contributed by atoms with Crippen LogP contribution in [-0.4, -0.2) is 76.3 Å². The van der Waals surface area contributed by atoms with E-state index >= 15 is 0 Å². The average Bonchev–Trinajstić information content (AvgIpc) is 3.02. The Morgan fingerprint density at radius 1 is 0.933 bits per heavy atom. The highest BCUT2D eigenvalue weighted by Gasteiger charge is 2.52. The SMILES string of the molecule is CC(=O)OCC1OC(Nc2n[nH]c(C)n2)C(OC(C)=O)C(OC(C)=O)C1OC(C)=O. The number of carbonyl (C=O) groups excluding carboxylic acids is 4. The van der Waals surface area contributed by atoms with E-state index in [9.17, 15) is 19.2 Å². The van der Waals surface area contributed by atoms with E-state index in [-0.39, 0.29) is 12.6 Å². The number of esters is 4. The van der Waals surface area contributed by atoms with Crippen molar-refractivity contribution in [3.05, 3.63) is 5.82 Å². The van der Waals surface area contributed by atoms with Gasteiger partial charge in [0.2, 0.25) is 5.95 Å². The van der Waals surface area contributed by atoms with Gasteiger partial charge in [-0.05, 0) is 6.92 Å². The lowest BCUT2D eigenvalue weighted by Crippen LogP contribution is -2.64. The van der Waals surface area contributed by atoms with Crippen LogP contribution >= 0.6 is 0 Å². The van der Waals surface area contributed by atoms with Gasteiger partial charge in [0.05, 0.1) is 0 Å². The highest BCUT2D eigenvalue weighted by atomic mass is 16.7. The van der Waals surface area contributed by atoms with Crippen LogP contribution in [0.3, 0.4) is 0 Å². The molecule has 1 aliphatic rings. The third kappa shape index (κ3) is 6.40. The van der Waals surface area contributed by atoms with Gasteiger partial charge in [0, 0.05) is 27.7 Å². The van der Waals surface area contributed by atoms with Gasteiger partial charge >= 0.3 is 23.9 Å². The molecule has 1 aromatic rings. The van der Waals surface area contributed by atoms with E-state index in [1.54, 1.807) is 6.92 Å². The summed E-state index contributed by atoms with van der Waals surface area (Å²) < 4.78 is 26.8. The Bertz CT molecular complexity index is 796. The molecule has 0 aromatic carbocycles. The second kappa shape index (κ2) is 10.0. The van der Waals surface area contributed by atoms with E-state index < -0.39 is 54.5 Å². The molecule has 1 saturated heterocycles. The maximum Gasteiger partial charge on any atom is 0.303 e. The largest absolute Gasteiger partial charge is 0.463 e. The number of carbonyl (C=O) groups is 4. The van der Waals surface area contributed by atoms with E-state index in [0.29, 0.717) is 5.82 Å². The van der Waals surface area contributed by atoms with Crippen molar-refractivity contribution in [1.82, 2.24) is 15.2 Å². The first kappa shape index (κ1) is 23.1. The van der Waals surface area contributed by atoms with Gasteiger partial charge in [-0.2, -0.15) is 4.98 Å². The molecule has 2 heterocycles. The number of rotatable bonds is 7.